The van der Waals surface area contributed by atoms with Crippen LogP contribution in [0.25, 0.3) is 0 Å². The van der Waals surface area contributed by atoms with Crippen LogP contribution in [0.5, 0.6) is 0 Å². The summed E-state index contributed by atoms with van der Waals surface area (Å²) in [6.45, 7) is 5.43. The highest BCUT2D eigenvalue weighted by Crippen LogP contribution is 2.21. The molecule has 1 N–H and O–H groups in total. The van der Waals surface area contributed by atoms with Gasteiger partial charge in [0.15, 0.2) is 0 Å². The van der Waals surface area contributed by atoms with E-state index < -0.39 is 11.7 Å². The van der Waals surface area contributed by atoms with Crippen LogP contribution in [0.2, 0.25) is 0 Å². The van der Waals surface area contributed by atoms with Crippen molar-refractivity contribution >= 4 is 5.97 Å². The van der Waals surface area contributed by atoms with Crippen LogP contribution < -0.4 is 0 Å². The summed E-state index contributed by atoms with van der Waals surface area (Å²) in [5.74, 6) is -1.43. The number of hydrogen-bond acceptors (Lipinski definition) is 5. The molecule has 0 amide bonds. The smallest absolute Gasteiger partial charge is 0.363 e. The molecule has 0 heterocycles. The number of nitroso groups, excluding NO2 is 1. The SMILES string of the molecule is COC(=O)/C(N=O)=C(\O)[C@H](C)C(C)C. The number of aliphatic hydroxyl groups is 1. The van der Waals surface area contributed by atoms with Crippen LogP contribution in [0.4, 0.5) is 0 Å². The van der Waals surface area contributed by atoms with E-state index in [4.69, 9.17) is 0 Å². The van der Waals surface area contributed by atoms with Crippen LogP contribution in [0.3, 0.4) is 0 Å². The molecule has 0 bridgehead atoms. The molecule has 5 nitrogen and oxygen atoms in total. The molecule has 80 valence electrons. The fraction of sp³-hybridized carbons (Fsp3) is 0.667. The quantitative estimate of drug-likeness (QED) is 0.326. The number of ether oxygens (including phenoxy) is 1. The van der Waals surface area contributed by atoms with Crippen LogP contribution in [-0.4, -0.2) is 18.2 Å². The van der Waals surface area contributed by atoms with Gasteiger partial charge >= 0.3 is 5.97 Å². The van der Waals surface area contributed by atoms with Gasteiger partial charge in [-0.1, -0.05) is 20.8 Å². The van der Waals surface area contributed by atoms with Gasteiger partial charge in [-0.3, -0.25) is 0 Å². The van der Waals surface area contributed by atoms with Gasteiger partial charge in [0.05, 0.1) is 7.11 Å². The van der Waals surface area contributed by atoms with Gasteiger partial charge in [0.1, 0.15) is 5.76 Å². The molecule has 0 aromatic carbocycles. The van der Waals surface area contributed by atoms with Gasteiger partial charge in [0, 0.05) is 5.92 Å². The summed E-state index contributed by atoms with van der Waals surface area (Å²) < 4.78 is 4.30. The van der Waals surface area contributed by atoms with Crippen molar-refractivity contribution in [3.8, 4) is 0 Å². The second-order valence-corrected chi connectivity index (χ2v) is 3.35. The molecule has 14 heavy (non-hydrogen) atoms. The maximum absolute atomic E-state index is 11.0. The zero-order valence-electron chi connectivity index (χ0n) is 8.77. The summed E-state index contributed by atoms with van der Waals surface area (Å²) in [5.41, 5.74) is -0.547. The predicted octanol–water partition coefficient (Wildman–Crippen LogP) is 1.99. The van der Waals surface area contributed by atoms with Gasteiger partial charge in [0.2, 0.25) is 5.70 Å². The molecule has 0 spiro atoms. The number of allylic oxidation sites excluding steroid dienone is 1. The van der Waals surface area contributed by atoms with Crippen LogP contribution in [-0.2, 0) is 9.53 Å². The molecule has 0 aliphatic rings. The third kappa shape index (κ3) is 2.83. The van der Waals surface area contributed by atoms with Crippen LogP contribution in [0.15, 0.2) is 16.6 Å². The van der Waals surface area contributed by atoms with Gasteiger partial charge in [0.25, 0.3) is 0 Å². The average Bonchev–Trinajstić information content (AvgIpc) is 2.16. The third-order valence-electron chi connectivity index (χ3n) is 2.14. The van der Waals surface area contributed by atoms with Crippen molar-refractivity contribution in [3.05, 3.63) is 16.4 Å². The van der Waals surface area contributed by atoms with Crippen molar-refractivity contribution in [2.75, 3.05) is 7.11 Å². The van der Waals surface area contributed by atoms with Gasteiger partial charge < -0.3 is 9.84 Å². The lowest BCUT2D eigenvalue weighted by Crippen LogP contribution is -2.14. The Hall–Kier alpha value is -1.39. The summed E-state index contributed by atoms with van der Waals surface area (Å²) in [7, 11) is 1.13. The van der Waals surface area contributed by atoms with E-state index in [2.05, 4.69) is 9.91 Å². The minimum Gasteiger partial charge on any atom is -0.509 e. The Morgan fingerprint density at radius 1 is 1.36 bits per heavy atom. The zero-order valence-corrected chi connectivity index (χ0v) is 8.77. The number of methoxy groups -OCH3 is 1. The van der Waals surface area contributed by atoms with Crippen molar-refractivity contribution in [1.29, 1.82) is 0 Å². The first-order valence-corrected chi connectivity index (χ1v) is 4.30. The number of rotatable bonds is 4. The van der Waals surface area contributed by atoms with Crippen molar-refractivity contribution in [3.63, 3.8) is 0 Å². The zero-order chi connectivity index (χ0) is 11.3. The van der Waals surface area contributed by atoms with Crippen molar-refractivity contribution in [2.24, 2.45) is 17.0 Å². The highest BCUT2D eigenvalue weighted by Gasteiger charge is 2.23. The van der Waals surface area contributed by atoms with E-state index in [0.717, 1.165) is 7.11 Å². The molecule has 0 fully saturated rings. The lowest BCUT2D eigenvalue weighted by Gasteiger charge is -2.14. The number of nitrogens with zero attached hydrogens (tertiary/aromatic N) is 1. The Balaban J connectivity index is 5.01. The van der Waals surface area contributed by atoms with Crippen LogP contribution >= 0.6 is 0 Å². The van der Waals surface area contributed by atoms with Crippen molar-refractivity contribution in [1.82, 2.24) is 0 Å². The van der Waals surface area contributed by atoms with Crippen molar-refractivity contribution in [2.45, 2.75) is 20.8 Å². The molecule has 0 aromatic rings. The fourth-order valence-corrected chi connectivity index (χ4v) is 0.817. The van der Waals surface area contributed by atoms with Gasteiger partial charge in [-0.15, -0.1) is 4.91 Å². The second kappa shape index (κ2) is 5.36. The number of aliphatic hydroxyl groups excluding tert-OH is 1. The third-order valence-corrected chi connectivity index (χ3v) is 2.14. The second-order valence-electron chi connectivity index (χ2n) is 3.35. The first-order chi connectivity index (χ1) is 6.45. The van der Waals surface area contributed by atoms with Crippen molar-refractivity contribution < 1.29 is 14.6 Å². The van der Waals surface area contributed by atoms with Gasteiger partial charge in [-0.2, -0.15) is 0 Å². The Kier molecular flexibility index (Phi) is 4.83. The van der Waals surface area contributed by atoms with E-state index in [0.29, 0.717) is 0 Å². The lowest BCUT2D eigenvalue weighted by atomic mass is 9.95. The molecule has 0 unspecified atom stereocenters. The molecule has 5 heteroatoms. The Bertz CT molecular complexity index is 258. The van der Waals surface area contributed by atoms with Gasteiger partial charge in [-0.25, -0.2) is 4.79 Å². The Morgan fingerprint density at radius 2 is 1.86 bits per heavy atom. The summed E-state index contributed by atoms with van der Waals surface area (Å²) in [6, 6.07) is 0. The standard InChI is InChI=1S/C9H15NO4/c1-5(2)6(3)8(11)7(10-13)9(12)14-4/h5-6,11H,1-4H3/b8-7+/t6-/m1/s1. The lowest BCUT2D eigenvalue weighted by molar-refractivity contribution is -0.136. The Morgan fingerprint density at radius 3 is 2.14 bits per heavy atom. The number of esters is 1. The summed E-state index contributed by atoms with van der Waals surface area (Å²) in [6.07, 6.45) is 0. The maximum atomic E-state index is 11.0. The van der Waals surface area contributed by atoms with E-state index in [-0.39, 0.29) is 17.6 Å². The van der Waals surface area contributed by atoms with Crippen LogP contribution in [0.1, 0.15) is 20.8 Å². The maximum Gasteiger partial charge on any atom is 0.363 e. The van der Waals surface area contributed by atoms with E-state index in [1.54, 1.807) is 6.92 Å². The Labute approximate surface area is 82.7 Å². The average molecular weight is 201 g/mol. The predicted molar refractivity (Wildman–Crippen MR) is 51.5 cm³/mol. The summed E-state index contributed by atoms with van der Waals surface area (Å²) >= 11 is 0. The first-order valence-electron chi connectivity index (χ1n) is 4.30. The van der Waals surface area contributed by atoms with Gasteiger partial charge in [-0.05, 0) is 11.1 Å². The normalized spacial score (nSPS) is 14.6. The molecule has 0 aromatic heterocycles. The largest absolute Gasteiger partial charge is 0.509 e. The highest BCUT2D eigenvalue weighted by molar-refractivity contribution is 5.88. The van der Waals surface area contributed by atoms with Crippen LogP contribution in [0, 0.1) is 16.7 Å². The molecule has 0 saturated carbocycles. The molecule has 0 aliphatic heterocycles. The molecule has 0 radical (unpaired) electrons. The van der Waals surface area contributed by atoms with E-state index >= 15 is 0 Å². The van der Waals surface area contributed by atoms with E-state index in [9.17, 15) is 14.8 Å². The van der Waals surface area contributed by atoms with E-state index in [1.165, 1.54) is 0 Å². The highest BCUT2D eigenvalue weighted by atomic mass is 16.5. The molecule has 0 aliphatic carbocycles. The molecule has 0 saturated heterocycles. The monoisotopic (exact) mass is 201 g/mol. The topological polar surface area (TPSA) is 76.0 Å². The fourth-order valence-electron chi connectivity index (χ4n) is 0.817. The molecular formula is C9H15NO4. The number of hydrogen-bond donors (Lipinski definition) is 1. The van der Waals surface area contributed by atoms with E-state index in [1.807, 2.05) is 13.8 Å². The molecule has 1 atom stereocenters. The number of carbonyl (C=O) groups excluding carboxylic acids is 1. The minimum atomic E-state index is -0.912. The molecular weight excluding hydrogens is 186 g/mol. The summed E-state index contributed by atoms with van der Waals surface area (Å²) in [4.78, 5) is 21.3. The minimum absolute atomic E-state index is 0.108. The summed E-state index contributed by atoms with van der Waals surface area (Å²) in [5, 5.41) is 12.0. The molecule has 0 rings (SSSR count). The number of carbonyl (C=O) groups is 1. The first kappa shape index (κ1) is 12.6.